The number of nitrogens with zero attached hydrogens (tertiary/aromatic N) is 1. The Morgan fingerprint density at radius 3 is 1.75 bits per heavy atom. The predicted octanol–water partition coefficient (Wildman–Crippen LogP) is -3.86. The fourth-order valence-electron chi connectivity index (χ4n) is 0.472. The topological polar surface area (TPSA) is 104 Å². The maximum Gasteiger partial charge on any atom is 1.00 e. The Bertz CT molecular complexity index is 160. The Labute approximate surface area is 94.0 Å². The first-order valence-corrected chi connectivity index (χ1v) is 4.46. The standard InChI is InChI=1S/C4H8NO.H3NO3S.Na/c1-3-6-4-2-5-1;1-5(2,3)4;/h1-4H2;(H3,1,2,3,4);/q-1;;+1. The summed E-state index contributed by atoms with van der Waals surface area (Å²) >= 11 is 0. The minimum absolute atomic E-state index is 0. The van der Waals surface area contributed by atoms with Crippen LogP contribution in [0.2, 0.25) is 0 Å². The molecule has 0 unspecified atom stereocenters. The number of ether oxygens (including phenoxy) is 1. The van der Waals surface area contributed by atoms with Crippen LogP contribution in [0.25, 0.3) is 5.32 Å². The third kappa shape index (κ3) is 22.4. The monoisotopic (exact) mass is 206 g/mol. The van der Waals surface area contributed by atoms with Crippen molar-refractivity contribution in [3.8, 4) is 0 Å². The number of nitrogens with two attached hydrogens (primary N) is 1. The van der Waals surface area contributed by atoms with Crippen LogP contribution in [-0.2, 0) is 15.0 Å². The molecule has 0 bridgehead atoms. The van der Waals surface area contributed by atoms with Gasteiger partial charge in [0.1, 0.15) is 0 Å². The molecule has 8 heteroatoms. The van der Waals surface area contributed by atoms with Crippen LogP contribution in [0, 0.1) is 0 Å². The number of hydrogen-bond acceptors (Lipinski definition) is 3. The molecule has 0 radical (unpaired) electrons. The first-order chi connectivity index (χ1) is 5.00. The molecule has 0 aromatic rings. The van der Waals surface area contributed by atoms with Gasteiger partial charge in [0.2, 0.25) is 0 Å². The Balaban J connectivity index is 0. The largest absolute Gasteiger partial charge is 1.00 e. The smallest absolute Gasteiger partial charge is 0.659 e. The van der Waals surface area contributed by atoms with Gasteiger partial charge in [-0.3, -0.25) is 4.55 Å². The average molecular weight is 206 g/mol. The van der Waals surface area contributed by atoms with Crippen molar-refractivity contribution in [1.82, 2.24) is 0 Å². The van der Waals surface area contributed by atoms with E-state index >= 15 is 0 Å². The van der Waals surface area contributed by atoms with Gasteiger partial charge >= 0.3 is 39.9 Å². The van der Waals surface area contributed by atoms with Gasteiger partial charge in [0.15, 0.2) is 0 Å². The van der Waals surface area contributed by atoms with Crippen LogP contribution in [0.1, 0.15) is 0 Å². The molecule has 1 aliphatic heterocycles. The van der Waals surface area contributed by atoms with Gasteiger partial charge in [-0.2, -0.15) is 8.42 Å². The van der Waals surface area contributed by atoms with Gasteiger partial charge in [-0.15, -0.1) is 13.1 Å². The molecule has 68 valence electrons. The fourth-order valence-corrected chi connectivity index (χ4v) is 0.472. The predicted molar refractivity (Wildman–Crippen MR) is 39.6 cm³/mol. The summed E-state index contributed by atoms with van der Waals surface area (Å²) in [5.74, 6) is 0. The van der Waals surface area contributed by atoms with Crippen molar-refractivity contribution in [3.05, 3.63) is 5.32 Å². The van der Waals surface area contributed by atoms with Crippen LogP contribution in [0.15, 0.2) is 0 Å². The van der Waals surface area contributed by atoms with Crippen molar-refractivity contribution in [1.29, 1.82) is 0 Å². The molecule has 0 spiro atoms. The molecule has 3 N–H and O–H groups in total. The maximum absolute atomic E-state index is 8.97. The number of morpholine rings is 1. The van der Waals surface area contributed by atoms with E-state index in [1.807, 2.05) is 0 Å². The molecule has 6 nitrogen and oxygen atoms in total. The van der Waals surface area contributed by atoms with Crippen molar-refractivity contribution < 1.29 is 47.3 Å². The van der Waals surface area contributed by atoms with E-state index in [4.69, 9.17) is 17.7 Å². The summed E-state index contributed by atoms with van der Waals surface area (Å²) in [6, 6.07) is 0. The van der Waals surface area contributed by atoms with Crippen LogP contribution < -0.4 is 34.7 Å². The van der Waals surface area contributed by atoms with Crippen molar-refractivity contribution in [2.24, 2.45) is 5.14 Å². The van der Waals surface area contributed by atoms with E-state index in [1.54, 1.807) is 0 Å². The second-order valence-electron chi connectivity index (χ2n) is 1.80. The molecule has 12 heavy (non-hydrogen) atoms. The molecule has 0 aromatic carbocycles. The molecule has 0 amide bonds. The van der Waals surface area contributed by atoms with E-state index < -0.39 is 10.3 Å². The molecule has 1 heterocycles. The molecular weight excluding hydrogens is 195 g/mol. The summed E-state index contributed by atoms with van der Waals surface area (Å²) in [6.45, 7) is 3.47. The Hall–Kier alpha value is 0.790. The average Bonchev–Trinajstić information content (AvgIpc) is 1.88. The normalized spacial score (nSPS) is 16.8. The third-order valence-electron chi connectivity index (χ3n) is 0.787. The zero-order valence-electron chi connectivity index (χ0n) is 6.93. The molecule has 1 saturated heterocycles. The summed E-state index contributed by atoms with van der Waals surface area (Å²) < 4.78 is 30.2. The van der Waals surface area contributed by atoms with E-state index in [-0.39, 0.29) is 29.6 Å². The third-order valence-corrected chi connectivity index (χ3v) is 0.787. The molecule has 0 atom stereocenters. The molecular formula is C4H11N2NaO4S. The molecule has 1 fully saturated rings. The van der Waals surface area contributed by atoms with E-state index in [9.17, 15) is 0 Å². The molecule has 0 saturated carbocycles. The summed E-state index contributed by atoms with van der Waals surface area (Å²) in [6.07, 6.45) is 0. The number of hydrogen-bond donors (Lipinski definition) is 2. The van der Waals surface area contributed by atoms with Crippen molar-refractivity contribution in [2.45, 2.75) is 0 Å². The second kappa shape index (κ2) is 8.39. The van der Waals surface area contributed by atoms with Crippen LogP contribution in [0.5, 0.6) is 0 Å². The van der Waals surface area contributed by atoms with Crippen molar-refractivity contribution in [3.63, 3.8) is 0 Å². The van der Waals surface area contributed by atoms with Gasteiger partial charge in [-0.1, -0.05) is 0 Å². The van der Waals surface area contributed by atoms with Crippen LogP contribution in [0.3, 0.4) is 0 Å². The Morgan fingerprint density at radius 2 is 1.67 bits per heavy atom. The fraction of sp³-hybridized carbons (Fsp3) is 1.00. The minimum Gasteiger partial charge on any atom is -0.659 e. The molecule has 0 aromatic heterocycles. The van der Waals surface area contributed by atoms with Crippen LogP contribution in [-0.4, -0.2) is 39.3 Å². The summed E-state index contributed by atoms with van der Waals surface area (Å²) in [7, 11) is -4.17. The van der Waals surface area contributed by atoms with Crippen LogP contribution in [0.4, 0.5) is 0 Å². The summed E-state index contributed by atoms with van der Waals surface area (Å²) in [5, 5.41) is 7.93. The van der Waals surface area contributed by atoms with Gasteiger partial charge in [0.05, 0.1) is 0 Å². The van der Waals surface area contributed by atoms with Gasteiger partial charge < -0.3 is 10.1 Å². The van der Waals surface area contributed by atoms with E-state index in [1.165, 1.54) is 0 Å². The second-order valence-corrected chi connectivity index (χ2v) is 2.83. The van der Waals surface area contributed by atoms with Gasteiger partial charge in [-0.25, -0.2) is 5.14 Å². The quantitative estimate of drug-likeness (QED) is 0.312. The van der Waals surface area contributed by atoms with Gasteiger partial charge in [-0.05, 0) is 0 Å². The zero-order valence-corrected chi connectivity index (χ0v) is 9.75. The van der Waals surface area contributed by atoms with Gasteiger partial charge in [0, 0.05) is 13.2 Å². The van der Waals surface area contributed by atoms with E-state index in [2.05, 4.69) is 10.5 Å². The van der Waals surface area contributed by atoms with Gasteiger partial charge in [0.25, 0.3) is 0 Å². The Kier molecular flexibility index (Phi) is 10.7. The number of rotatable bonds is 0. The van der Waals surface area contributed by atoms with E-state index in [0.717, 1.165) is 26.3 Å². The summed E-state index contributed by atoms with van der Waals surface area (Å²) in [5.41, 5.74) is 0. The molecule has 0 aliphatic carbocycles. The molecule has 1 aliphatic rings. The van der Waals surface area contributed by atoms with E-state index in [0.29, 0.717) is 0 Å². The van der Waals surface area contributed by atoms with Crippen LogP contribution >= 0.6 is 0 Å². The minimum atomic E-state index is -4.17. The zero-order chi connectivity index (χ0) is 8.74. The summed E-state index contributed by atoms with van der Waals surface area (Å²) in [4.78, 5) is 0. The molecule has 1 rings (SSSR count). The SMILES string of the molecule is C1COCC[N-]1.NS(=O)(=O)O.[Na+]. The Morgan fingerprint density at radius 1 is 1.33 bits per heavy atom. The van der Waals surface area contributed by atoms with Crippen molar-refractivity contribution >= 4 is 10.3 Å². The van der Waals surface area contributed by atoms with Crippen molar-refractivity contribution in [2.75, 3.05) is 26.3 Å². The first-order valence-electron chi connectivity index (χ1n) is 2.96. The maximum atomic E-state index is 8.97. The first kappa shape index (κ1) is 15.3.